The van der Waals surface area contributed by atoms with Crippen molar-refractivity contribution in [2.75, 3.05) is 6.54 Å². The van der Waals surface area contributed by atoms with Gasteiger partial charge in [-0.25, -0.2) is 4.39 Å². The Morgan fingerprint density at radius 2 is 1.56 bits per heavy atom. The molecule has 0 saturated heterocycles. The topological polar surface area (TPSA) is 38.3 Å². The van der Waals surface area contributed by atoms with Gasteiger partial charge in [-0.05, 0) is 58.9 Å². The van der Waals surface area contributed by atoms with Crippen molar-refractivity contribution < 1.29 is 13.9 Å². The average molecular weight is 454 g/mol. The second-order valence-corrected chi connectivity index (χ2v) is 8.09. The Morgan fingerprint density at radius 3 is 2.32 bits per heavy atom. The maximum absolute atomic E-state index is 13.9. The van der Waals surface area contributed by atoms with E-state index in [1.54, 1.807) is 18.2 Å². The van der Waals surface area contributed by atoms with Crippen molar-refractivity contribution in [3.8, 4) is 16.9 Å². The lowest BCUT2D eigenvalue weighted by Gasteiger charge is -2.15. The molecule has 0 aliphatic carbocycles. The number of rotatable bonds is 9. The first kappa shape index (κ1) is 23.2. The molecule has 0 saturated carbocycles. The van der Waals surface area contributed by atoms with E-state index in [1.165, 1.54) is 11.6 Å². The quantitative estimate of drug-likeness (QED) is 0.310. The monoisotopic (exact) mass is 453 g/mol. The minimum absolute atomic E-state index is 0.241. The first-order chi connectivity index (χ1) is 16.7. The van der Waals surface area contributed by atoms with Gasteiger partial charge in [0.05, 0.1) is 5.56 Å². The van der Waals surface area contributed by atoms with Gasteiger partial charge in [-0.1, -0.05) is 85.8 Å². The van der Waals surface area contributed by atoms with E-state index in [1.807, 2.05) is 60.7 Å². The van der Waals surface area contributed by atoms with Crippen molar-refractivity contribution in [1.29, 1.82) is 0 Å². The molecule has 4 aromatic rings. The Hall–Kier alpha value is -3.92. The van der Waals surface area contributed by atoms with Crippen LogP contribution < -0.4 is 10.1 Å². The molecule has 0 spiro atoms. The minimum Gasteiger partial charge on any atom is -0.488 e. The number of benzene rings is 4. The average Bonchev–Trinajstić information content (AvgIpc) is 2.89. The fraction of sp³-hybridized carbons (Fsp3) is 0.167. The van der Waals surface area contributed by atoms with Gasteiger partial charge >= 0.3 is 0 Å². The fourth-order valence-corrected chi connectivity index (χ4v) is 3.95. The summed E-state index contributed by atoms with van der Waals surface area (Å²) in [4.78, 5) is 13.2. The molecule has 0 aliphatic heterocycles. The van der Waals surface area contributed by atoms with Gasteiger partial charge in [0.2, 0.25) is 0 Å². The lowest BCUT2D eigenvalue weighted by molar-refractivity contribution is 0.0949. The van der Waals surface area contributed by atoms with Crippen LogP contribution in [0.5, 0.6) is 5.75 Å². The van der Waals surface area contributed by atoms with Crippen LogP contribution in [-0.2, 0) is 19.4 Å². The van der Waals surface area contributed by atoms with Crippen molar-refractivity contribution in [3.05, 3.63) is 125 Å². The van der Waals surface area contributed by atoms with Gasteiger partial charge < -0.3 is 10.1 Å². The fourth-order valence-electron chi connectivity index (χ4n) is 3.95. The van der Waals surface area contributed by atoms with E-state index in [4.69, 9.17) is 4.74 Å². The number of aryl methyl sites for hydroxylation is 1. The molecule has 172 valence electrons. The predicted octanol–water partition coefficient (Wildman–Crippen LogP) is 6.61. The predicted molar refractivity (Wildman–Crippen MR) is 134 cm³/mol. The van der Waals surface area contributed by atoms with Crippen LogP contribution in [-0.4, -0.2) is 12.5 Å². The van der Waals surface area contributed by atoms with Crippen LogP contribution >= 0.6 is 0 Å². The number of hydrogen-bond donors (Lipinski definition) is 1. The van der Waals surface area contributed by atoms with Crippen molar-refractivity contribution in [3.63, 3.8) is 0 Å². The first-order valence-electron chi connectivity index (χ1n) is 11.6. The molecule has 0 atom stereocenters. The zero-order valence-electron chi connectivity index (χ0n) is 19.3. The summed E-state index contributed by atoms with van der Waals surface area (Å²) in [6, 6.07) is 30.4. The van der Waals surface area contributed by atoms with Crippen molar-refractivity contribution in [2.24, 2.45) is 0 Å². The van der Waals surface area contributed by atoms with E-state index < -0.39 is 0 Å². The highest BCUT2D eigenvalue weighted by Crippen LogP contribution is 2.30. The maximum Gasteiger partial charge on any atom is 0.255 e. The van der Waals surface area contributed by atoms with E-state index in [2.05, 4.69) is 24.4 Å². The van der Waals surface area contributed by atoms with Crippen LogP contribution in [0.15, 0.2) is 97.1 Å². The summed E-state index contributed by atoms with van der Waals surface area (Å²) in [6.45, 7) is 2.81. The first-order valence-corrected chi connectivity index (χ1v) is 11.6. The molecule has 4 aromatic carbocycles. The SMILES string of the molecule is CCc1ccccc1-c1ccc(OCc2ccccc2)c(C(=O)NCCc2ccccc2F)c1. The van der Waals surface area contributed by atoms with Gasteiger partial charge in [-0.15, -0.1) is 0 Å². The van der Waals surface area contributed by atoms with Crippen molar-refractivity contribution in [1.82, 2.24) is 5.32 Å². The molecule has 0 fully saturated rings. The Bertz CT molecular complexity index is 1250. The summed E-state index contributed by atoms with van der Waals surface area (Å²) < 4.78 is 20.0. The molecule has 0 radical (unpaired) electrons. The Kier molecular flexibility index (Phi) is 7.71. The van der Waals surface area contributed by atoms with E-state index in [0.29, 0.717) is 36.4 Å². The van der Waals surface area contributed by atoms with Crippen LogP contribution in [0, 0.1) is 5.82 Å². The van der Waals surface area contributed by atoms with Gasteiger partial charge in [0, 0.05) is 6.54 Å². The number of amides is 1. The lowest BCUT2D eigenvalue weighted by atomic mass is 9.96. The van der Waals surface area contributed by atoms with Crippen LogP contribution in [0.2, 0.25) is 0 Å². The number of ether oxygens (including phenoxy) is 1. The summed E-state index contributed by atoms with van der Waals surface area (Å²) in [5.41, 5.74) is 5.34. The highest BCUT2D eigenvalue weighted by molar-refractivity contribution is 5.98. The van der Waals surface area contributed by atoms with Crippen molar-refractivity contribution >= 4 is 5.91 Å². The maximum atomic E-state index is 13.9. The normalized spacial score (nSPS) is 10.6. The van der Waals surface area contributed by atoms with Crippen LogP contribution in [0.1, 0.15) is 34.0 Å². The molecule has 0 aliphatic rings. The summed E-state index contributed by atoms with van der Waals surface area (Å²) in [5.74, 6) is 0.0157. The molecule has 0 aromatic heterocycles. The standard InChI is InChI=1S/C30H28FNO2/c1-2-23-12-6-8-14-26(23)25-16-17-29(34-21-22-10-4-3-5-11-22)27(20-25)30(33)32-19-18-24-13-7-9-15-28(24)31/h3-17,20H,2,18-19,21H2,1H3,(H,32,33). The second kappa shape index (κ2) is 11.3. The zero-order chi connectivity index (χ0) is 23.8. The number of hydrogen-bond acceptors (Lipinski definition) is 2. The van der Waals surface area contributed by atoms with E-state index in [0.717, 1.165) is 23.1 Å². The third-order valence-electron chi connectivity index (χ3n) is 5.81. The summed E-state index contributed by atoms with van der Waals surface area (Å²) in [5, 5.41) is 2.93. The lowest BCUT2D eigenvalue weighted by Crippen LogP contribution is -2.26. The highest BCUT2D eigenvalue weighted by atomic mass is 19.1. The Balaban J connectivity index is 1.58. The molecule has 3 nitrogen and oxygen atoms in total. The van der Waals surface area contributed by atoms with E-state index in [-0.39, 0.29) is 11.7 Å². The van der Waals surface area contributed by atoms with Gasteiger partial charge in [0.1, 0.15) is 18.2 Å². The molecule has 34 heavy (non-hydrogen) atoms. The molecule has 0 heterocycles. The third-order valence-corrected chi connectivity index (χ3v) is 5.81. The van der Waals surface area contributed by atoms with E-state index in [9.17, 15) is 9.18 Å². The third kappa shape index (κ3) is 5.70. The highest BCUT2D eigenvalue weighted by Gasteiger charge is 2.16. The van der Waals surface area contributed by atoms with Crippen molar-refractivity contribution in [2.45, 2.75) is 26.4 Å². The number of nitrogens with one attached hydrogen (secondary N) is 1. The van der Waals surface area contributed by atoms with Crippen LogP contribution in [0.4, 0.5) is 4.39 Å². The summed E-state index contributed by atoms with van der Waals surface area (Å²) in [7, 11) is 0. The molecular formula is C30H28FNO2. The smallest absolute Gasteiger partial charge is 0.255 e. The summed E-state index contributed by atoms with van der Waals surface area (Å²) >= 11 is 0. The largest absolute Gasteiger partial charge is 0.488 e. The zero-order valence-corrected chi connectivity index (χ0v) is 19.3. The summed E-state index contributed by atoms with van der Waals surface area (Å²) in [6.07, 6.45) is 1.31. The molecule has 1 N–H and O–H groups in total. The molecule has 4 heteroatoms. The Morgan fingerprint density at radius 1 is 0.853 bits per heavy atom. The van der Waals surface area contributed by atoms with E-state index >= 15 is 0 Å². The second-order valence-electron chi connectivity index (χ2n) is 8.09. The molecule has 0 unspecified atom stereocenters. The molecule has 4 rings (SSSR count). The molecular weight excluding hydrogens is 425 g/mol. The van der Waals surface area contributed by atoms with Crippen LogP contribution in [0.25, 0.3) is 11.1 Å². The Labute approximate surface area is 200 Å². The van der Waals surface area contributed by atoms with Gasteiger partial charge in [-0.2, -0.15) is 0 Å². The van der Waals surface area contributed by atoms with Crippen LogP contribution in [0.3, 0.4) is 0 Å². The minimum atomic E-state index is -0.262. The van der Waals surface area contributed by atoms with Gasteiger partial charge in [-0.3, -0.25) is 4.79 Å². The number of carbonyl (C=O) groups is 1. The number of halogens is 1. The van der Waals surface area contributed by atoms with Gasteiger partial charge in [0.15, 0.2) is 0 Å². The molecule has 0 bridgehead atoms. The van der Waals surface area contributed by atoms with Gasteiger partial charge in [0.25, 0.3) is 5.91 Å². The number of carbonyl (C=O) groups excluding carboxylic acids is 1. The molecule has 1 amide bonds.